The first-order valence-corrected chi connectivity index (χ1v) is 5.74. The van der Waals surface area contributed by atoms with E-state index in [0.717, 1.165) is 0 Å². The van der Waals surface area contributed by atoms with E-state index in [4.69, 9.17) is 0 Å². The van der Waals surface area contributed by atoms with Crippen molar-refractivity contribution in [2.45, 2.75) is 39.5 Å². The van der Waals surface area contributed by atoms with Crippen LogP contribution in [0.15, 0.2) is 18.3 Å². The molecule has 0 saturated heterocycles. The largest absolute Gasteiger partial charge is 0.310 e. The van der Waals surface area contributed by atoms with Gasteiger partial charge in [0.1, 0.15) is 5.82 Å². The van der Waals surface area contributed by atoms with Crippen molar-refractivity contribution in [1.82, 2.24) is 4.98 Å². The summed E-state index contributed by atoms with van der Waals surface area (Å²) in [7, 11) is 0. The van der Waals surface area contributed by atoms with Crippen LogP contribution in [0.2, 0.25) is 0 Å². The predicted molar refractivity (Wildman–Crippen MR) is 64.3 cm³/mol. The SMILES string of the molecule is CC(C)(C)C(=O)Nc1cc(C2CC2)ccn1. The highest BCUT2D eigenvalue weighted by Crippen LogP contribution is 2.40. The molecule has 1 amide bonds. The summed E-state index contributed by atoms with van der Waals surface area (Å²) in [5, 5.41) is 2.85. The van der Waals surface area contributed by atoms with E-state index in [0.29, 0.717) is 11.7 Å². The summed E-state index contributed by atoms with van der Waals surface area (Å²) in [6, 6.07) is 4.02. The van der Waals surface area contributed by atoms with Gasteiger partial charge >= 0.3 is 0 Å². The first-order valence-electron chi connectivity index (χ1n) is 5.74. The van der Waals surface area contributed by atoms with Gasteiger partial charge in [-0.3, -0.25) is 4.79 Å². The summed E-state index contributed by atoms with van der Waals surface area (Å²) in [6.45, 7) is 5.69. The second-order valence-corrected chi connectivity index (χ2v) is 5.45. The van der Waals surface area contributed by atoms with E-state index in [1.165, 1.54) is 18.4 Å². The Morgan fingerprint density at radius 2 is 2.12 bits per heavy atom. The molecule has 0 unspecified atom stereocenters. The van der Waals surface area contributed by atoms with Gasteiger partial charge in [0.15, 0.2) is 0 Å². The van der Waals surface area contributed by atoms with Crippen LogP contribution in [0.3, 0.4) is 0 Å². The van der Waals surface area contributed by atoms with Crippen LogP contribution in [0, 0.1) is 5.41 Å². The van der Waals surface area contributed by atoms with Crippen molar-refractivity contribution in [2.24, 2.45) is 5.41 Å². The fourth-order valence-corrected chi connectivity index (χ4v) is 1.49. The lowest BCUT2D eigenvalue weighted by Gasteiger charge is -2.17. The molecule has 0 aliphatic heterocycles. The lowest BCUT2D eigenvalue weighted by Crippen LogP contribution is -2.28. The minimum absolute atomic E-state index is 0.00736. The molecule has 2 rings (SSSR count). The van der Waals surface area contributed by atoms with Crippen molar-refractivity contribution in [3.8, 4) is 0 Å². The van der Waals surface area contributed by atoms with Gasteiger partial charge in [0.2, 0.25) is 5.91 Å². The summed E-state index contributed by atoms with van der Waals surface area (Å²) in [5.74, 6) is 1.37. The molecule has 0 aromatic carbocycles. The van der Waals surface area contributed by atoms with Crippen LogP contribution >= 0.6 is 0 Å². The molecule has 3 heteroatoms. The Bertz CT molecular complexity index is 403. The number of amides is 1. The molecule has 0 atom stereocenters. The molecule has 1 N–H and O–H groups in total. The van der Waals surface area contributed by atoms with Gasteiger partial charge in [0.25, 0.3) is 0 Å². The maximum Gasteiger partial charge on any atom is 0.230 e. The summed E-state index contributed by atoms with van der Waals surface area (Å²) in [5.41, 5.74) is 0.913. The van der Waals surface area contributed by atoms with Crippen LogP contribution in [0.4, 0.5) is 5.82 Å². The molecular formula is C13H18N2O. The number of anilines is 1. The van der Waals surface area contributed by atoms with Crippen molar-refractivity contribution in [3.63, 3.8) is 0 Å². The predicted octanol–water partition coefficient (Wildman–Crippen LogP) is 2.94. The lowest BCUT2D eigenvalue weighted by molar-refractivity contribution is -0.123. The Balaban J connectivity index is 2.09. The van der Waals surface area contributed by atoms with Crippen molar-refractivity contribution in [1.29, 1.82) is 0 Å². The number of hydrogen-bond donors (Lipinski definition) is 1. The van der Waals surface area contributed by atoms with E-state index in [-0.39, 0.29) is 11.3 Å². The van der Waals surface area contributed by atoms with E-state index >= 15 is 0 Å². The van der Waals surface area contributed by atoms with Crippen LogP contribution < -0.4 is 5.32 Å². The zero-order valence-corrected chi connectivity index (χ0v) is 10.1. The van der Waals surface area contributed by atoms with Gasteiger partial charge in [-0.15, -0.1) is 0 Å². The first-order chi connectivity index (χ1) is 7.47. The number of nitrogens with zero attached hydrogens (tertiary/aromatic N) is 1. The second kappa shape index (κ2) is 3.89. The number of carbonyl (C=O) groups is 1. The van der Waals surface area contributed by atoms with Crippen LogP contribution in [-0.4, -0.2) is 10.9 Å². The second-order valence-electron chi connectivity index (χ2n) is 5.45. The van der Waals surface area contributed by atoms with E-state index in [1.807, 2.05) is 32.9 Å². The number of nitrogens with one attached hydrogen (secondary N) is 1. The van der Waals surface area contributed by atoms with Crippen molar-refractivity contribution >= 4 is 11.7 Å². The summed E-state index contributed by atoms with van der Waals surface area (Å²) in [6.07, 6.45) is 4.29. The number of hydrogen-bond acceptors (Lipinski definition) is 2. The van der Waals surface area contributed by atoms with Gasteiger partial charge in [-0.1, -0.05) is 20.8 Å². The molecule has 86 valence electrons. The molecule has 1 saturated carbocycles. The minimum atomic E-state index is -0.378. The Labute approximate surface area is 96.3 Å². The Morgan fingerprint density at radius 1 is 1.44 bits per heavy atom. The van der Waals surface area contributed by atoms with Crippen molar-refractivity contribution in [3.05, 3.63) is 23.9 Å². The number of pyridine rings is 1. The van der Waals surface area contributed by atoms with Gasteiger partial charge in [-0.05, 0) is 36.5 Å². The van der Waals surface area contributed by atoms with Crippen molar-refractivity contribution < 1.29 is 4.79 Å². The number of carbonyl (C=O) groups excluding carboxylic acids is 1. The lowest BCUT2D eigenvalue weighted by atomic mass is 9.96. The third-order valence-electron chi connectivity index (χ3n) is 2.76. The Kier molecular flexibility index (Phi) is 2.70. The molecule has 1 heterocycles. The number of aromatic nitrogens is 1. The highest BCUT2D eigenvalue weighted by atomic mass is 16.2. The third kappa shape index (κ3) is 2.60. The highest BCUT2D eigenvalue weighted by Gasteiger charge is 2.25. The average Bonchev–Trinajstić information content (AvgIpc) is 2.99. The molecule has 3 nitrogen and oxygen atoms in total. The molecule has 1 aliphatic rings. The van der Waals surface area contributed by atoms with E-state index in [9.17, 15) is 4.79 Å². The minimum Gasteiger partial charge on any atom is -0.310 e. The van der Waals surface area contributed by atoms with E-state index in [1.54, 1.807) is 6.20 Å². The molecule has 0 radical (unpaired) electrons. The molecule has 1 aromatic heterocycles. The third-order valence-corrected chi connectivity index (χ3v) is 2.76. The summed E-state index contributed by atoms with van der Waals surface area (Å²) < 4.78 is 0. The Morgan fingerprint density at radius 3 is 2.69 bits per heavy atom. The standard InChI is InChI=1S/C13H18N2O/c1-13(2,3)12(16)15-11-8-10(6-7-14-11)9-4-5-9/h6-9H,4-5H2,1-3H3,(H,14,15,16). The number of rotatable bonds is 2. The van der Waals surface area contributed by atoms with Gasteiger partial charge < -0.3 is 5.32 Å². The van der Waals surface area contributed by atoms with E-state index < -0.39 is 0 Å². The zero-order valence-electron chi connectivity index (χ0n) is 10.1. The van der Waals surface area contributed by atoms with Gasteiger partial charge in [0, 0.05) is 11.6 Å². The maximum atomic E-state index is 11.8. The van der Waals surface area contributed by atoms with Crippen LogP contribution in [0.25, 0.3) is 0 Å². The van der Waals surface area contributed by atoms with Gasteiger partial charge in [0.05, 0.1) is 0 Å². The summed E-state index contributed by atoms with van der Waals surface area (Å²) in [4.78, 5) is 16.0. The molecule has 0 spiro atoms. The highest BCUT2D eigenvalue weighted by molar-refractivity contribution is 5.93. The fraction of sp³-hybridized carbons (Fsp3) is 0.538. The van der Waals surface area contributed by atoms with Gasteiger partial charge in [-0.2, -0.15) is 0 Å². The van der Waals surface area contributed by atoms with Crippen LogP contribution in [-0.2, 0) is 4.79 Å². The quantitative estimate of drug-likeness (QED) is 0.829. The average molecular weight is 218 g/mol. The Hall–Kier alpha value is -1.38. The van der Waals surface area contributed by atoms with Crippen molar-refractivity contribution in [2.75, 3.05) is 5.32 Å². The molecule has 16 heavy (non-hydrogen) atoms. The molecule has 1 aromatic rings. The molecular weight excluding hydrogens is 200 g/mol. The molecule has 0 bridgehead atoms. The zero-order chi connectivity index (χ0) is 11.8. The maximum absolute atomic E-state index is 11.8. The summed E-state index contributed by atoms with van der Waals surface area (Å²) >= 11 is 0. The monoisotopic (exact) mass is 218 g/mol. The fourth-order valence-electron chi connectivity index (χ4n) is 1.49. The van der Waals surface area contributed by atoms with Gasteiger partial charge in [-0.25, -0.2) is 4.98 Å². The molecule has 1 fully saturated rings. The van der Waals surface area contributed by atoms with E-state index in [2.05, 4.69) is 10.3 Å². The smallest absolute Gasteiger partial charge is 0.230 e. The first kappa shape index (κ1) is 11.1. The molecule has 1 aliphatic carbocycles. The topological polar surface area (TPSA) is 42.0 Å². The van der Waals surface area contributed by atoms with Crippen LogP contribution in [0.5, 0.6) is 0 Å². The van der Waals surface area contributed by atoms with Crippen LogP contribution in [0.1, 0.15) is 45.1 Å². The normalized spacial score (nSPS) is 15.9.